The van der Waals surface area contributed by atoms with E-state index in [2.05, 4.69) is 15.4 Å². The molecule has 0 spiro atoms. The fourth-order valence-corrected chi connectivity index (χ4v) is 1.91. The summed E-state index contributed by atoms with van der Waals surface area (Å²) in [6, 6.07) is 8.46. The number of rotatable bonds is 7. The second-order valence-corrected chi connectivity index (χ2v) is 4.73. The Morgan fingerprint density at radius 3 is 2.74 bits per heavy atom. The summed E-state index contributed by atoms with van der Waals surface area (Å²) in [5.41, 5.74) is 0.861. The van der Waals surface area contributed by atoms with Crippen molar-refractivity contribution in [2.24, 2.45) is 0 Å². The Balaban J connectivity index is 1.83. The topological polar surface area (TPSA) is 95.3 Å². The number of nitrogens with one attached hydrogen (secondary N) is 1. The average molecular weight is 318 g/mol. The van der Waals surface area contributed by atoms with Crippen molar-refractivity contribution in [3.05, 3.63) is 48.5 Å². The van der Waals surface area contributed by atoms with E-state index in [0.717, 1.165) is 5.56 Å². The van der Waals surface area contributed by atoms with E-state index in [9.17, 15) is 9.59 Å². The van der Waals surface area contributed by atoms with Gasteiger partial charge in [-0.15, -0.1) is 0 Å². The van der Waals surface area contributed by atoms with Crippen molar-refractivity contribution in [1.29, 1.82) is 0 Å². The minimum Gasteiger partial charge on any atom is -0.467 e. The summed E-state index contributed by atoms with van der Waals surface area (Å²) in [4.78, 5) is 27.4. The van der Waals surface area contributed by atoms with Gasteiger partial charge in [0.25, 0.3) is 0 Å². The van der Waals surface area contributed by atoms with Crippen LogP contribution >= 0.6 is 0 Å². The number of methoxy groups -OCH3 is 1. The maximum Gasteiger partial charge on any atom is 0.408 e. The van der Waals surface area contributed by atoms with Crippen molar-refractivity contribution in [2.45, 2.75) is 25.6 Å². The third-order valence-electron chi connectivity index (χ3n) is 3.10. The summed E-state index contributed by atoms with van der Waals surface area (Å²) in [6.45, 7) is 0.544. The highest BCUT2D eigenvalue weighted by Crippen LogP contribution is 2.03. The van der Waals surface area contributed by atoms with Gasteiger partial charge in [0.1, 0.15) is 25.3 Å². The smallest absolute Gasteiger partial charge is 0.408 e. The van der Waals surface area contributed by atoms with Gasteiger partial charge in [0.15, 0.2) is 0 Å². The fraction of sp³-hybridized carbons (Fsp3) is 0.333. The molecule has 0 bridgehead atoms. The normalized spacial score (nSPS) is 11.5. The molecular formula is C15H18N4O4. The van der Waals surface area contributed by atoms with Gasteiger partial charge in [-0.2, -0.15) is 5.10 Å². The Labute approximate surface area is 133 Å². The number of carbonyl (C=O) groups excluding carboxylic acids is 2. The van der Waals surface area contributed by atoms with Crippen molar-refractivity contribution in [3.63, 3.8) is 0 Å². The Morgan fingerprint density at radius 1 is 1.30 bits per heavy atom. The highest BCUT2D eigenvalue weighted by atomic mass is 16.6. The predicted octanol–water partition coefficient (Wildman–Crippen LogP) is 1.14. The molecule has 1 aromatic carbocycles. The zero-order valence-corrected chi connectivity index (χ0v) is 12.7. The molecular weight excluding hydrogens is 300 g/mol. The number of aromatic nitrogens is 3. The van der Waals surface area contributed by atoms with E-state index in [4.69, 9.17) is 9.47 Å². The molecule has 1 atom stereocenters. The molecule has 2 rings (SSSR count). The molecule has 122 valence electrons. The Hall–Kier alpha value is -2.90. The molecule has 0 unspecified atom stereocenters. The number of aryl methyl sites for hydroxylation is 1. The fourth-order valence-electron chi connectivity index (χ4n) is 1.91. The van der Waals surface area contributed by atoms with Crippen molar-refractivity contribution in [1.82, 2.24) is 20.1 Å². The molecule has 1 amide bonds. The molecule has 1 N–H and O–H groups in total. The molecule has 0 aliphatic carbocycles. The summed E-state index contributed by atoms with van der Waals surface area (Å²) in [5, 5.41) is 6.44. The van der Waals surface area contributed by atoms with Gasteiger partial charge in [-0.25, -0.2) is 14.6 Å². The maximum atomic E-state index is 11.8. The van der Waals surface area contributed by atoms with Crippen LogP contribution in [0, 0.1) is 0 Å². The molecule has 1 heterocycles. The van der Waals surface area contributed by atoms with E-state index in [0.29, 0.717) is 13.0 Å². The monoisotopic (exact) mass is 318 g/mol. The summed E-state index contributed by atoms with van der Waals surface area (Å²) < 4.78 is 11.4. The number of nitrogens with zero attached hydrogens (tertiary/aromatic N) is 3. The molecule has 23 heavy (non-hydrogen) atoms. The predicted molar refractivity (Wildman–Crippen MR) is 80.2 cm³/mol. The van der Waals surface area contributed by atoms with E-state index < -0.39 is 18.1 Å². The average Bonchev–Trinajstić information content (AvgIpc) is 3.10. The van der Waals surface area contributed by atoms with Gasteiger partial charge in [-0.05, 0) is 12.0 Å². The minimum atomic E-state index is -0.813. The van der Waals surface area contributed by atoms with Gasteiger partial charge in [-0.1, -0.05) is 30.3 Å². The lowest BCUT2D eigenvalue weighted by Gasteiger charge is -2.16. The summed E-state index contributed by atoms with van der Waals surface area (Å²) in [5.74, 6) is -0.540. The van der Waals surface area contributed by atoms with Crippen LogP contribution in [0.5, 0.6) is 0 Å². The number of ether oxygens (including phenoxy) is 2. The van der Waals surface area contributed by atoms with Crippen LogP contribution in [0.1, 0.15) is 12.0 Å². The first-order valence-corrected chi connectivity index (χ1v) is 7.06. The number of hydrogen-bond acceptors (Lipinski definition) is 6. The van der Waals surface area contributed by atoms with Crippen LogP contribution in [0.2, 0.25) is 0 Å². The van der Waals surface area contributed by atoms with Gasteiger partial charge < -0.3 is 14.8 Å². The second-order valence-electron chi connectivity index (χ2n) is 4.73. The third-order valence-corrected chi connectivity index (χ3v) is 3.10. The minimum absolute atomic E-state index is 0.129. The molecule has 0 saturated carbocycles. The number of carbonyl (C=O) groups is 2. The van der Waals surface area contributed by atoms with E-state index in [1.807, 2.05) is 30.3 Å². The molecule has 0 saturated heterocycles. The van der Waals surface area contributed by atoms with E-state index in [1.54, 1.807) is 4.68 Å². The molecule has 0 radical (unpaired) electrons. The van der Waals surface area contributed by atoms with Crippen molar-refractivity contribution in [3.8, 4) is 0 Å². The van der Waals surface area contributed by atoms with E-state index >= 15 is 0 Å². The van der Waals surface area contributed by atoms with Gasteiger partial charge in [0.2, 0.25) is 0 Å². The number of amides is 1. The first-order valence-electron chi connectivity index (χ1n) is 7.06. The lowest BCUT2D eigenvalue weighted by Crippen LogP contribution is -2.42. The van der Waals surface area contributed by atoms with Crippen LogP contribution < -0.4 is 5.32 Å². The lowest BCUT2D eigenvalue weighted by molar-refractivity contribution is -0.143. The van der Waals surface area contributed by atoms with Crippen molar-refractivity contribution >= 4 is 12.1 Å². The Morgan fingerprint density at radius 2 is 2.09 bits per heavy atom. The summed E-state index contributed by atoms with van der Waals surface area (Å²) >= 11 is 0. The highest BCUT2D eigenvalue weighted by molar-refractivity contribution is 5.81. The van der Waals surface area contributed by atoms with Crippen LogP contribution in [0.15, 0.2) is 43.0 Å². The first kappa shape index (κ1) is 16.5. The van der Waals surface area contributed by atoms with E-state index in [-0.39, 0.29) is 6.61 Å². The molecule has 8 nitrogen and oxygen atoms in total. The highest BCUT2D eigenvalue weighted by Gasteiger charge is 2.22. The quantitative estimate of drug-likeness (QED) is 0.769. The maximum absolute atomic E-state index is 11.8. The SMILES string of the molecule is COC(=O)[C@H](CCn1cncn1)NC(=O)OCc1ccccc1. The standard InChI is InChI=1S/C15H18N4O4/c1-22-14(20)13(7-8-19-11-16-10-17-19)18-15(21)23-9-12-5-3-2-4-6-12/h2-6,10-11,13H,7-9H2,1H3,(H,18,21)/t13-/m0/s1. The Kier molecular flexibility index (Phi) is 6.10. The van der Waals surface area contributed by atoms with Gasteiger partial charge in [0.05, 0.1) is 7.11 Å². The van der Waals surface area contributed by atoms with Crippen LogP contribution in [0.4, 0.5) is 4.79 Å². The van der Waals surface area contributed by atoms with Crippen LogP contribution in [-0.4, -0.2) is 40.0 Å². The van der Waals surface area contributed by atoms with E-state index in [1.165, 1.54) is 19.8 Å². The van der Waals surface area contributed by atoms with Crippen LogP contribution in [0.25, 0.3) is 0 Å². The first-order chi connectivity index (χ1) is 11.2. The third kappa shape index (κ3) is 5.42. The van der Waals surface area contributed by atoms with Crippen LogP contribution in [-0.2, 0) is 27.4 Å². The van der Waals surface area contributed by atoms with Gasteiger partial charge in [-0.3, -0.25) is 4.68 Å². The molecule has 0 aliphatic heterocycles. The largest absolute Gasteiger partial charge is 0.467 e. The number of alkyl carbamates (subject to hydrolysis) is 1. The van der Waals surface area contributed by atoms with Crippen LogP contribution in [0.3, 0.4) is 0 Å². The second kappa shape index (κ2) is 8.52. The van der Waals surface area contributed by atoms with Gasteiger partial charge >= 0.3 is 12.1 Å². The molecule has 0 aliphatic rings. The zero-order chi connectivity index (χ0) is 16.5. The number of esters is 1. The number of benzene rings is 1. The summed E-state index contributed by atoms with van der Waals surface area (Å²) in [6.07, 6.45) is 2.57. The zero-order valence-electron chi connectivity index (χ0n) is 12.7. The molecule has 0 fully saturated rings. The van der Waals surface area contributed by atoms with Crippen molar-refractivity contribution < 1.29 is 19.1 Å². The number of hydrogen-bond donors (Lipinski definition) is 1. The summed E-state index contributed by atoms with van der Waals surface area (Å²) in [7, 11) is 1.27. The lowest BCUT2D eigenvalue weighted by atomic mass is 10.2. The molecule has 1 aromatic heterocycles. The molecule has 8 heteroatoms. The van der Waals surface area contributed by atoms with Gasteiger partial charge in [0, 0.05) is 6.54 Å². The Bertz CT molecular complexity index is 616. The molecule has 2 aromatic rings. The van der Waals surface area contributed by atoms with Crippen molar-refractivity contribution in [2.75, 3.05) is 7.11 Å².